The first-order chi connectivity index (χ1) is 68.4. The van der Waals surface area contributed by atoms with Crippen LogP contribution in [0.3, 0.4) is 0 Å². The molecule has 0 amide bonds. The quantitative estimate of drug-likeness (QED) is 0.121. The van der Waals surface area contributed by atoms with Crippen molar-refractivity contribution in [3.05, 3.63) is 491 Å². The van der Waals surface area contributed by atoms with Gasteiger partial charge < -0.3 is 27.0 Å². The fraction of sp³-hybridized carbons (Fsp3) is 0. The summed E-state index contributed by atoms with van der Waals surface area (Å²) in [5.74, 6) is 0.693. The minimum Gasteiger partial charge on any atom is -0.456 e. The first-order valence-corrected chi connectivity index (χ1v) is 47.0. The van der Waals surface area contributed by atoms with Crippen LogP contribution >= 0.6 is 0 Å². The molecule has 0 spiro atoms. The molecule has 29 aromatic rings. The van der Waals surface area contributed by atoms with Gasteiger partial charge in [0.05, 0.1) is 49.9 Å². The zero-order valence-corrected chi connectivity index (χ0v) is 74.7. The summed E-state index contributed by atoms with van der Waals surface area (Å²) in [4.78, 5) is 10.0. The highest BCUT2D eigenvalue weighted by Gasteiger charge is 2.25. The molecule has 0 bridgehead atoms. The van der Waals surface area contributed by atoms with Crippen molar-refractivity contribution in [1.82, 2.24) is 23.7 Å². The van der Waals surface area contributed by atoms with Gasteiger partial charge in [0.15, 0.2) is 11.4 Å². The summed E-state index contributed by atoms with van der Waals surface area (Å²) in [6, 6.07) is 175. The molecule has 0 aliphatic heterocycles. The number of para-hydroxylation sites is 6. The van der Waals surface area contributed by atoms with E-state index in [0.29, 0.717) is 5.82 Å². The Balaban J connectivity index is 0.000000105. The Morgan fingerprint density at radius 2 is 0.507 bits per heavy atom. The van der Waals surface area contributed by atoms with Crippen LogP contribution in [0.25, 0.3) is 270 Å². The largest absolute Gasteiger partial charge is 0.456 e. The number of fused-ring (bicyclic) bond motifs is 26. The second-order valence-corrected chi connectivity index (χ2v) is 35.7. The van der Waals surface area contributed by atoms with Gasteiger partial charge in [-0.05, 0) is 227 Å². The molecule has 0 atom stereocenters. The normalized spacial score (nSPS) is 11.8. The lowest BCUT2D eigenvalue weighted by Crippen LogP contribution is -1.97. The monoisotopic (exact) mass is 1760 g/mol. The standard InChI is InChI=1S/C48H29NO.C42H27NO.C40H25N3O/c1-2-17-37-35(15-1)36-16-3-4-18-38(36)42-27-33(23-24-39(37)42)31-12-9-11-30(25-31)32-13-10-14-34(26-32)49-45-21-7-5-19-40(45)43-28-44-41-20-6-8-22-47(41)50-48(44)29-46(43)49;1-2-11-28(12-3-1)29-13-8-14-30(25-29)31-15-9-16-32(26-31)33-17-10-18-34(27-33)43-38-21-6-4-20-37(38)41-39(43)24-23-36-35-19-5-7-22-40(35)44-42(36)41;1-3-11-26(12-4-1)34-25-35(27-13-5-2-6-14-27)42-40(41-34)28-19-21-29(22-20-28)43-36-17-9-7-15-30(36)32-23-24-33-31-16-8-10-18-37(31)44-39(33)38(32)43/h1-29H;1-27H;1-25H. The van der Waals surface area contributed by atoms with Crippen molar-refractivity contribution in [3.63, 3.8) is 0 Å². The molecule has 0 aliphatic rings. The maximum Gasteiger partial charge on any atom is 0.160 e. The van der Waals surface area contributed by atoms with Crippen LogP contribution in [0.15, 0.2) is 505 Å². The molecule has 22 aromatic carbocycles. The molecule has 0 saturated carbocycles. The van der Waals surface area contributed by atoms with Gasteiger partial charge in [0, 0.05) is 99.1 Å². The number of rotatable bonds is 11. The number of hydrogen-bond donors (Lipinski definition) is 0. The van der Waals surface area contributed by atoms with Crippen LogP contribution in [0, 0.1) is 0 Å². The van der Waals surface area contributed by atoms with Gasteiger partial charge in [-0.3, -0.25) is 0 Å². The Morgan fingerprint density at radius 3 is 1.05 bits per heavy atom. The van der Waals surface area contributed by atoms with Crippen LogP contribution in [0.1, 0.15) is 0 Å². The molecular weight excluding hydrogens is 1680 g/mol. The van der Waals surface area contributed by atoms with Crippen molar-refractivity contribution in [1.29, 1.82) is 0 Å². The molecule has 8 nitrogen and oxygen atoms in total. The molecule has 8 heteroatoms. The van der Waals surface area contributed by atoms with E-state index < -0.39 is 0 Å². The van der Waals surface area contributed by atoms with Gasteiger partial charge in [-0.15, -0.1) is 0 Å². The van der Waals surface area contributed by atoms with Crippen LogP contribution in [0.4, 0.5) is 0 Å². The van der Waals surface area contributed by atoms with Crippen molar-refractivity contribution in [3.8, 4) is 107 Å². The molecule has 644 valence electrons. The maximum absolute atomic E-state index is 6.52. The van der Waals surface area contributed by atoms with Gasteiger partial charge in [0.25, 0.3) is 0 Å². The zero-order valence-electron chi connectivity index (χ0n) is 74.7. The molecule has 0 N–H and O–H groups in total. The predicted molar refractivity (Wildman–Crippen MR) is 576 cm³/mol. The SMILES string of the molecule is c1cc(-c2cccc(-n3c4ccccc4c4cc5c(cc43)oc3ccccc35)c2)cc(-c2ccc3c4ccccc4c4ccccc4c3c2)c1.c1ccc(-c2cc(-c3ccccc3)nc(-c3ccc(-n4c5ccccc5c5ccc6c7ccccc7oc6c54)cc3)n2)cc1.c1ccc(-c2cccc(-c3cccc(-c4cccc(-n5c6ccccc6c6c7oc8ccccc8c7ccc65)c4)c3)c2)cc1. The number of hydrogen-bond acceptors (Lipinski definition) is 5. The van der Waals surface area contributed by atoms with Crippen LogP contribution in [-0.2, 0) is 0 Å². The van der Waals surface area contributed by atoms with Crippen molar-refractivity contribution in [2.24, 2.45) is 0 Å². The lowest BCUT2D eigenvalue weighted by molar-refractivity contribution is 0.669. The lowest BCUT2D eigenvalue weighted by Gasteiger charge is -2.13. The van der Waals surface area contributed by atoms with Gasteiger partial charge in [-0.25, -0.2) is 9.97 Å². The molecule has 0 fully saturated rings. The van der Waals surface area contributed by atoms with Crippen LogP contribution < -0.4 is 0 Å². The Kier molecular flexibility index (Phi) is 18.8. The highest BCUT2D eigenvalue weighted by Crippen LogP contribution is 2.47. The molecule has 0 aliphatic carbocycles. The van der Waals surface area contributed by atoms with Crippen molar-refractivity contribution >= 4 is 164 Å². The topological polar surface area (TPSA) is 80.0 Å². The number of benzene rings is 22. The van der Waals surface area contributed by atoms with Crippen LogP contribution in [0.2, 0.25) is 0 Å². The van der Waals surface area contributed by atoms with E-state index in [0.717, 1.165) is 138 Å². The third-order valence-corrected chi connectivity index (χ3v) is 27.8. The summed E-state index contributed by atoms with van der Waals surface area (Å²) in [6.45, 7) is 0. The minimum absolute atomic E-state index is 0.693. The van der Waals surface area contributed by atoms with E-state index in [1.165, 1.54) is 126 Å². The summed E-state index contributed by atoms with van der Waals surface area (Å²) in [6.07, 6.45) is 0. The molecule has 0 radical (unpaired) electrons. The second kappa shape index (κ2) is 32.8. The summed E-state index contributed by atoms with van der Waals surface area (Å²) < 4.78 is 26.4. The molecule has 0 unspecified atom stereocenters. The molecule has 138 heavy (non-hydrogen) atoms. The molecule has 29 rings (SSSR count). The lowest BCUT2D eigenvalue weighted by atomic mass is 9.91. The summed E-state index contributed by atoms with van der Waals surface area (Å²) in [5.41, 5.74) is 32.5. The third kappa shape index (κ3) is 13.4. The van der Waals surface area contributed by atoms with Gasteiger partial charge in [-0.1, -0.05) is 346 Å². The molecule has 0 saturated heterocycles. The van der Waals surface area contributed by atoms with E-state index in [-0.39, 0.29) is 0 Å². The third-order valence-electron chi connectivity index (χ3n) is 27.8. The summed E-state index contributed by atoms with van der Waals surface area (Å²) in [5, 5.41) is 21.8. The van der Waals surface area contributed by atoms with E-state index in [4.69, 9.17) is 23.2 Å². The smallest absolute Gasteiger partial charge is 0.160 e. The highest BCUT2D eigenvalue weighted by molar-refractivity contribution is 6.28. The molecule has 7 heterocycles. The average molecular weight is 1760 g/mol. The van der Waals surface area contributed by atoms with E-state index in [2.05, 4.69) is 438 Å². The van der Waals surface area contributed by atoms with Gasteiger partial charge in [0.1, 0.15) is 27.9 Å². The van der Waals surface area contributed by atoms with Crippen molar-refractivity contribution < 1.29 is 13.3 Å². The predicted octanol–water partition coefficient (Wildman–Crippen LogP) is 35.6. The van der Waals surface area contributed by atoms with Crippen molar-refractivity contribution in [2.75, 3.05) is 0 Å². The Morgan fingerprint density at radius 1 is 0.152 bits per heavy atom. The van der Waals surface area contributed by atoms with Gasteiger partial charge in [-0.2, -0.15) is 0 Å². The summed E-state index contributed by atoms with van der Waals surface area (Å²) >= 11 is 0. The fourth-order valence-electron chi connectivity index (χ4n) is 21.3. The first kappa shape index (κ1) is 79.3. The van der Waals surface area contributed by atoms with E-state index >= 15 is 0 Å². The van der Waals surface area contributed by atoms with Gasteiger partial charge >= 0.3 is 0 Å². The Bertz CT molecular complexity index is 9830. The van der Waals surface area contributed by atoms with Gasteiger partial charge in [0.2, 0.25) is 0 Å². The van der Waals surface area contributed by atoms with Crippen molar-refractivity contribution in [2.45, 2.75) is 0 Å². The maximum atomic E-state index is 6.52. The Labute approximate surface area is 792 Å². The molecule has 7 aromatic heterocycles. The first-order valence-electron chi connectivity index (χ1n) is 47.0. The van der Waals surface area contributed by atoms with Crippen LogP contribution in [0.5, 0.6) is 0 Å². The number of aromatic nitrogens is 5. The highest BCUT2D eigenvalue weighted by atomic mass is 16.3. The van der Waals surface area contributed by atoms with Crippen LogP contribution in [-0.4, -0.2) is 23.7 Å². The average Bonchev–Trinajstić information content (AvgIpc) is 1.60. The number of furan rings is 3. The van der Waals surface area contributed by atoms with E-state index in [1.807, 2.05) is 66.7 Å². The molecular formula is C130H81N5O3. The zero-order chi connectivity index (χ0) is 90.8. The fourth-order valence-corrected chi connectivity index (χ4v) is 21.3. The van der Waals surface area contributed by atoms with E-state index in [9.17, 15) is 0 Å². The second-order valence-electron chi connectivity index (χ2n) is 35.7. The Hall–Kier alpha value is -18.5. The number of nitrogens with zero attached hydrogens (tertiary/aromatic N) is 5. The summed E-state index contributed by atoms with van der Waals surface area (Å²) in [7, 11) is 0. The minimum atomic E-state index is 0.693. The van der Waals surface area contributed by atoms with E-state index in [1.54, 1.807) is 0 Å².